The molecule has 2 aliphatic rings. The maximum absolute atomic E-state index is 13.6. The van der Waals surface area contributed by atoms with Gasteiger partial charge in [0.15, 0.2) is 6.29 Å². The normalized spacial score (nSPS) is 20.2. The molecule has 9 nitrogen and oxygen atoms in total. The van der Waals surface area contributed by atoms with Gasteiger partial charge in [-0.2, -0.15) is 0 Å². The molecular formula is C29H37FN4O5. The number of ether oxygens (including phenoxy) is 2. The number of benzene rings is 1. The number of pyridine rings is 1. The lowest BCUT2D eigenvalue weighted by atomic mass is 10.2. The fraction of sp³-hybridized carbons (Fsp3) is 0.483. The van der Waals surface area contributed by atoms with Gasteiger partial charge < -0.3 is 9.47 Å². The van der Waals surface area contributed by atoms with Crippen molar-refractivity contribution in [3.8, 4) is 0 Å². The molecule has 0 radical (unpaired) electrons. The molecule has 2 amide bonds. The number of likely N-dealkylation sites (tertiary alicyclic amines) is 1. The summed E-state index contributed by atoms with van der Waals surface area (Å²) in [6.07, 6.45) is 7.14. The average molecular weight is 541 g/mol. The molecule has 1 aromatic heterocycles. The molecule has 2 aliphatic heterocycles. The monoisotopic (exact) mass is 540 g/mol. The largest absolute Gasteiger partial charge is 0.443 e. The van der Waals surface area contributed by atoms with Crippen molar-refractivity contribution in [2.45, 2.75) is 70.9 Å². The van der Waals surface area contributed by atoms with Crippen LogP contribution in [0, 0.1) is 5.82 Å². The number of halogens is 1. The third kappa shape index (κ3) is 8.84. The van der Waals surface area contributed by atoms with E-state index in [0.29, 0.717) is 31.1 Å². The molecule has 3 heterocycles. The van der Waals surface area contributed by atoms with E-state index in [4.69, 9.17) is 14.3 Å². The molecular weight excluding hydrogens is 503 g/mol. The SMILES string of the molecule is CC(C)(C)OC(=O)N(c1ccc(C=CC(=O)NOC2CCCCO2)cn1)[C@@H]1CCN(Cc2cccc(F)c2)C1. The molecule has 2 saturated heterocycles. The number of nitrogens with zero attached hydrogens (tertiary/aromatic N) is 3. The van der Waals surface area contributed by atoms with Crippen LogP contribution in [0.5, 0.6) is 0 Å². The molecule has 10 heteroatoms. The van der Waals surface area contributed by atoms with Gasteiger partial charge >= 0.3 is 6.09 Å². The van der Waals surface area contributed by atoms with Gasteiger partial charge in [0.25, 0.3) is 5.91 Å². The number of carbonyl (C=O) groups excluding carboxylic acids is 2. The third-order valence-electron chi connectivity index (χ3n) is 6.37. The first-order valence-corrected chi connectivity index (χ1v) is 13.4. The highest BCUT2D eigenvalue weighted by Gasteiger charge is 2.35. The fourth-order valence-electron chi connectivity index (χ4n) is 4.57. The molecule has 0 spiro atoms. The van der Waals surface area contributed by atoms with Crippen molar-refractivity contribution in [1.82, 2.24) is 15.4 Å². The van der Waals surface area contributed by atoms with E-state index in [2.05, 4.69) is 15.4 Å². The van der Waals surface area contributed by atoms with Crippen LogP contribution in [0.3, 0.4) is 0 Å². The lowest BCUT2D eigenvalue weighted by Crippen LogP contribution is -2.45. The standard InChI is InChI=1S/C29H37FN4O5/c1-29(2,3)38-28(36)34(24-14-15-33(20-24)19-22-7-6-8-23(30)17-22)25-12-10-21(18-31-25)11-13-26(35)32-39-27-9-4-5-16-37-27/h6-8,10-13,17-18,24,27H,4-5,9,14-16,19-20H2,1-3H3,(H,32,35)/t24-,27?/m1/s1. The molecule has 2 aromatic rings. The average Bonchev–Trinajstić information content (AvgIpc) is 3.34. The minimum Gasteiger partial charge on any atom is -0.443 e. The smallest absolute Gasteiger partial charge is 0.416 e. The van der Waals surface area contributed by atoms with Crippen molar-refractivity contribution in [2.75, 3.05) is 24.6 Å². The van der Waals surface area contributed by atoms with E-state index in [1.165, 1.54) is 18.2 Å². The Hall–Kier alpha value is -3.34. The van der Waals surface area contributed by atoms with Crippen molar-refractivity contribution in [3.63, 3.8) is 0 Å². The zero-order chi connectivity index (χ0) is 27.8. The van der Waals surface area contributed by atoms with E-state index >= 15 is 0 Å². The van der Waals surface area contributed by atoms with E-state index in [9.17, 15) is 14.0 Å². The number of amides is 2. The number of carbonyl (C=O) groups is 2. The quantitative estimate of drug-likeness (QED) is 0.379. The lowest BCUT2D eigenvalue weighted by molar-refractivity contribution is -0.198. The summed E-state index contributed by atoms with van der Waals surface area (Å²) in [4.78, 5) is 39.0. The zero-order valence-electron chi connectivity index (χ0n) is 22.8. The van der Waals surface area contributed by atoms with Gasteiger partial charge in [-0.3, -0.25) is 14.6 Å². The Morgan fingerprint density at radius 2 is 2.08 bits per heavy atom. The Bertz CT molecular complexity index is 1150. The first-order valence-electron chi connectivity index (χ1n) is 13.4. The van der Waals surface area contributed by atoms with Crippen LogP contribution < -0.4 is 10.4 Å². The van der Waals surface area contributed by atoms with Crippen LogP contribution in [0.2, 0.25) is 0 Å². The van der Waals surface area contributed by atoms with Gasteiger partial charge in [0.2, 0.25) is 0 Å². The number of hydroxylamine groups is 1. The van der Waals surface area contributed by atoms with Crippen LogP contribution in [-0.2, 0) is 25.7 Å². The minimum absolute atomic E-state index is 0.160. The van der Waals surface area contributed by atoms with Crippen LogP contribution in [0.1, 0.15) is 57.6 Å². The number of anilines is 1. The third-order valence-corrected chi connectivity index (χ3v) is 6.37. The van der Waals surface area contributed by atoms with Crippen LogP contribution in [0.25, 0.3) is 6.08 Å². The molecule has 0 bridgehead atoms. The number of hydrogen-bond acceptors (Lipinski definition) is 7. The molecule has 1 N–H and O–H groups in total. The lowest BCUT2D eigenvalue weighted by Gasteiger charge is -2.31. The molecule has 1 aromatic carbocycles. The molecule has 0 saturated carbocycles. The molecule has 39 heavy (non-hydrogen) atoms. The van der Waals surface area contributed by atoms with Crippen LogP contribution >= 0.6 is 0 Å². The van der Waals surface area contributed by atoms with Crippen LogP contribution in [0.4, 0.5) is 15.0 Å². The predicted molar refractivity (Wildman–Crippen MR) is 145 cm³/mol. The van der Waals surface area contributed by atoms with Crippen molar-refractivity contribution < 1.29 is 28.3 Å². The summed E-state index contributed by atoms with van der Waals surface area (Å²) in [5.74, 6) is -0.213. The Labute approximate surface area is 228 Å². The molecule has 4 rings (SSSR count). The van der Waals surface area contributed by atoms with E-state index < -0.39 is 23.9 Å². The van der Waals surface area contributed by atoms with Gasteiger partial charge in [-0.25, -0.2) is 24.5 Å². The Morgan fingerprint density at radius 1 is 1.23 bits per heavy atom. The first-order chi connectivity index (χ1) is 18.7. The van der Waals surface area contributed by atoms with Crippen molar-refractivity contribution in [1.29, 1.82) is 0 Å². The van der Waals surface area contributed by atoms with E-state index in [-0.39, 0.29) is 11.9 Å². The molecule has 2 fully saturated rings. The van der Waals surface area contributed by atoms with E-state index in [0.717, 1.165) is 37.8 Å². The van der Waals surface area contributed by atoms with Crippen molar-refractivity contribution >= 4 is 23.9 Å². The molecule has 210 valence electrons. The summed E-state index contributed by atoms with van der Waals surface area (Å²) in [6.45, 7) is 8.04. The summed E-state index contributed by atoms with van der Waals surface area (Å²) in [5.41, 5.74) is 3.28. The Balaban J connectivity index is 1.40. The summed E-state index contributed by atoms with van der Waals surface area (Å²) < 4.78 is 24.8. The van der Waals surface area contributed by atoms with Gasteiger partial charge in [-0.05, 0) is 81.5 Å². The van der Waals surface area contributed by atoms with Gasteiger partial charge in [0, 0.05) is 44.9 Å². The Morgan fingerprint density at radius 3 is 2.77 bits per heavy atom. The highest BCUT2D eigenvalue weighted by Crippen LogP contribution is 2.26. The number of hydrogen-bond donors (Lipinski definition) is 1. The van der Waals surface area contributed by atoms with Crippen molar-refractivity contribution in [3.05, 3.63) is 65.6 Å². The summed E-state index contributed by atoms with van der Waals surface area (Å²) in [5, 5.41) is 0. The summed E-state index contributed by atoms with van der Waals surface area (Å²) in [7, 11) is 0. The number of rotatable bonds is 8. The fourth-order valence-corrected chi connectivity index (χ4v) is 4.57. The van der Waals surface area contributed by atoms with Gasteiger partial charge in [0.05, 0.1) is 6.04 Å². The van der Waals surface area contributed by atoms with Gasteiger partial charge in [0.1, 0.15) is 17.2 Å². The van der Waals surface area contributed by atoms with Crippen molar-refractivity contribution in [2.24, 2.45) is 0 Å². The molecule has 1 unspecified atom stereocenters. The molecule has 2 atom stereocenters. The van der Waals surface area contributed by atoms with E-state index in [1.807, 2.05) is 26.8 Å². The predicted octanol–water partition coefficient (Wildman–Crippen LogP) is 4.82. The first kappa shape index (κ1) is 28.7. The topological polar surface area (TPSA) is 93.2 Å². The summed E-state index contributed by atoms with van der Waals surface area (Å²) in [6, 6.07) is 9.92. The second-order valence-electron chi connectivity index (χ2n) is 10.8. The maximum Gasteiger partial charge on any atom is 0.416 e. The second-order valence-corrected chi connectivity index (χ2v) is 10.8. The maximum atomic E-state index is 13.6. The van der Waals surface area contributed by atoms with Gasteiger partial charge in [-0.15, -0.1) is 0 Å². The molecule has 0 aliphatic carbocycles. The highest BCUT2D eigenvalue weighted by molar-refractivity contribution is 5.91. The number of aromatic nitrogens is 1. The number of nitrogens with one attached hydrogen (secondary N) is 1. The van der Waals surface area contributed by atoms with Crippen LogP contribution in [0.15, 0.2) is 48.7 Å². The minimum atomic E-state index is -0.671. The Kier molecular flexibility index (Phi) is 9.66. The highest BCUT2D eigenvalue weighted by atomic mass is 19.1. The second kappa shape index (κ2) is 13.1. The van der Waals surface area contributed by atoms with Gasteiger partial charge in [-0.1, -0.05) is 12.1 Å². The summed E-state index contributed by atoms with van der Waals surface area (Å²) >= 11 is 0. The zero-order valence-corrected chi connectivity index (χ0v) is 22.8. The van der Waals surface area contributed by atoms with Crippen LogP contribution in [-0.4, -0.2) is 59.5 Å². The van der Waals surface area contributed by atoms with E-state index in [1.54, 1.807) is 35.4 Å².